The molecule has 0 unspecified atom stereocenters. The van der Waals surface area contributed by atoms with Crippen molar-refractivity contribution in [2.24, 2.45) is 0 Å². The second-order valence-electron chi connectivity index (χ2n) is 3.47. The monoisotopic (exact) mass is 180 g/mol. The summed E-state index contributed by atoms with van der Waals surface area (Å²) in [5.74, 6) is -0.128. The Bertz CT molecular complexity index is 299. The second kappa shape index (κ2) is 3.12. The van der Waals surface area contributed by atoms with Crippen molar-refractivity contribution in [1.82, 2.24) is 0 Å². The Morgan fingerprint density at radius 3 is 2.31 bits per heavy atom. The molecule has 0 spiro atoms. The van der Waals surface area contributed by atoms with Crippen molar-refractivity contribution in [3.8, 4) is 0 Å². The molecule has 1 fully saturated rings. The Kier molecular flexibility index (Phi) is 2.10. The molecule has 0 heterocycles. The highest BCUT2D eigenvalue weighted by molar-refractivity contribution is 6.44. The van der Waals surface area contributed by atoms with Crippen LogP contribution in [0.2, 0.25) is 5.82 Å². The van der Waals surface area contributed by atoms with Crippen molar-refractivity contribution in [1.29, 1.82) is 0 Å². The van der Waals surface area contributed by atoms with Crippen molar-refractivity contribution in [3.05, 3.63) is 35.6 Å². The standard InChI is InChI=1S/C9H10BFO2/c11-7-3-1-6(2-4-7)8-5-9(8)10(12)13/h1-4,8-9,12-13H,5H2/t8-,9+/m1/s1. The van der Waals surface area contributed by atoms with E-state index in [9.17, 15) is 4.39 Å². The molecule has 0 amide bonds. The van der Waals surface area contributed by atoms with Crippen molar-refractivity contribution >= 4 is 7.12 Å². The highest BCUT2D eigenvalue weighted by atomic mass is 19.1. The topological polar surface area (TPSA) is 40.5 Å². The van der Waals surface area contributed by atoms with E-state index in [4.69, 9.17) is 10.0 Å². The highest BCUT2D eigenvalue weighted by Gasteiger charge is 2.46. The van der Waals surface area contributed by atoms with Crippen LogP contribution in [0.5, 0.6) is 0 Å². The number of benzene rings is 1. The number of hydrogen-bond donors (Lipinski definition) is 2. The van der Waals surface area contributed by atoms with Gasteiger partial charge in [0.05, 0.1) is 0 Å². The van der Waals surface area contributed by atoms with Crippen LogP contribution < -0.4 is 0 Å². The first-order valence-corrected chi connectivity index (χ1v) is 4.30. The summed E-state index contributed by atoms with van der Waals surface area (Å²) < 4.78 is 12.5. The van der Waals surface area contributed by atoms with E-state index in [1.54, 1.807) is 12.1 Å². The van der Waals surface area contributed by atoms with Crippen LogP contribution in [0.15, 0.2) is 24.3 Å². The Morgan fingerprint density at radius 2 is 1.85 bits per heavy atom. The zero-order valence-electron chi connectivity index (χ0n) is 7.02. The molecule has 2 N–H and O–H groups in total. The van der Waals surface area contributed by atoms with E-state index in [0.717, 1.165) is 12.0 Å². The minimum atomic E-state index is -1.24. The molecule has 1 aliphatic rings. The maximum absolute atomic E-state index is 12.5. The van der Waals surface area contributed by atoms with E-state index in [0.29, 0.717) is 0 Å². The van der Waals surface area contributed by atoms with Gasteiger partial charge in [0.2, 0.25) is 0 Å². The molecule has 2 atom stereocenters. The molecule has 0 saturated heterocycles. The van der Waals surface area contributed by atoms with Gasteiger partial charge in [0.1, 0.15) is 5.82 Å². The third-order valence-corrected chi connectivity index (χ3v) is 2.52. The molecule has 1 aromatic carbocycles. The van der Waals surface area contributed by atoms with Gasteiger partial charge in [-0.1, -0.05) is 12.1 Å². The van der Waals surface area contributed by atoms with Crippen LogP contribution in [0.4, 0.5) is 4.39 Å². The Balaban J connectivity index is 2.08. The molecule has 0 aliphatic heterocycles. The SMILES string of the molecule is OB(O)[C@H]1C[C@@H]1c1ccc(F)cc1. The van der Waals surface area contributed by atoms with Gasteiger partial charge < -0.3 is 10.0 Å². The fourth-order valence-electron chi connectivity index (χ4n) is 1.64. The summed E-state index contributed by atoms with van der Waals surface area (Å²) in [5.41, 5.74) is 0.986. The molecule has 0 aromatic heterocycles. The van der Waals surface area contributed by atoms with E-state index < -0.39 is 7.12 Å². The highest BCUT2D eigenvalue weighted by Crippen LogP contribution is 2.53. The number of hydrogen-bond acceptors (Lipinski definition) is 2. The quantitative estimate of drug-likeness (QED) is 0.670. The summed E-state index contributed by atoms with van der Waals surface area (Å²) in [5, 5.41) is 17.7. The lowest BCUT2D eigenvalue weighted by Crippen LogP contribution is -2.11. The van der Waals surface area contributed by atoms with E-state index in [1.165, 1.54) is 12.1 Å². The Labute approximate surface area is 76.2 Å². The van der Waals surface area contributed by atoms with Crippen molar-refractivity contribution in [3.63, 3.8) is 0 Å². The number of rotatable bonds is 2. The van der Waals surface area contributed by atoms with Crippen LogP contribution in [0.3, 0.4) is 0 Å². The molecule has 1 saturated carbocycles. The third kappa shape index (κ3) is 1.74. The van der Waals surface area contributed by atoms with Crippen LogP contribution in [-0.4, -0.2) is 17.2 Å². The maximum Gasteiger partial charge on any atom is 0.455 e. The minimum absolute atomic E-state index is 0.0644. The van der Waals surface area contributed by atoms with Crippen LogP contribution in [0, 0.1) is 5.82 Å². The Hall–Kier alpha value is -0.865. The predicted molar refractivity (Wildman–Crippen MR) is 47.7 cm³/mol. The summed E-state index contributed by atoms with van der Waals surface area (Å²) in [6.07, 6.45) is 0.781. The van der Waals surface area contributed by atoms with Crippen LogP contribution in [-0.2, 0) is 0 Å². The molecule has 1 aromatic rings. The summed E-state index contributed by atoms with van der Waals surface area (Å²) in [4.78, 5) is 0. The molecule has 4 heteroatoms. The first kappa shape index (κ1) is 8.72. The Morgan fingerprint density at radius 1 is 1.23 bits per heavy atom. The molecular formula is C9H10BFO2. The minimum Gasteiger partial charge on any atom is -0.427 e. The van der Waals surface area contributed by atoms with Gasteiger partial charge in [-0.2, -0.15) is 0 Å². The fourth-order valence-corrected chi connectivity index (χ4v) is 1.64. The molecule has 13 heavy (non-hydrogen) atoms. The second-order valence-corrected chi connectivity index (χ2v) is 3.47. The van der Waals surface area contributed by atoms with Gasteiger partial charge in [0.15, 0.2) is 0 Å². The first-order chi connectivity index (χ1) is 6.18. The van der Waals surface area contributed by atoms with E-state index in [2.05, 4.69) is 0 Å². The third-order valence-electron chi connectivity index (χ3n) is 2.52. The van der Waals surface area contributed by atoms with E-state index in [1.807, 2.05) is 0 Å². The van der Waals surface area contributed by atoms with E-state index in [-0.39, 0.29) is 17.6 Å². The van der Waals surface area contributed by atoms with Gasteiger partial charge >= 0.3 is 7.12 Å². The summed E-state index contributed by atoms with van der Waals surface area (Å²) in [6.45, 7) is 0. The van der Waals surface area contributed by atoms with Gasteiger partial charge in [-0.3, -0.25) is 0 Å². The van der Waals surface area contributed by atoms with Crippen molar-refractivity contribution < 1.29 is 14.4 Å². The van der Waals surface area contributed by atoms with Gasteiger partial charge in [-0.05, 0) is 30.0 Å². The molecule has 0 bridgehead atoms. The van der Waals surface area contributed by atoms with Crippen LogP contribution in [0.25, 0.3) is 0 Å². The first-order valence-electron chi connectivity index (χ1n) is 4.30. The zero-order chi connectivity index (χ0) is 9.42. The lowest BCUT2D eigenvalue weighted by molar-refractivity contribution is 0.402. The lowest BCUT2D eigenvalue weighted by atomic mass is 9.81. The molecule has 1 aliphatic carbocycles. The van der Waals surface area contributed by atoms with Gasteiger partial charge in [-0.15, -0.1) is 0 Å². The molecule has 68 valence electrons. The molecular weight excluding hydrogens is 170 g/mol. The molecule has 2 nitrogen and oxygen atoms in total. The largest absolute Gasteiger partial charge is 0.455 e. The van der Waals surface area contributed by atoms with Crippen LogP contribution >= 0.6 is 0 Å². The fraction of sp³-hybridized carbons (Fsp3) is 0.333. The van der Waals surface area contributed by atoms with Gasteiger partial charge in [0.25, 0.3) is 0 Å². The van der Waals surface area contributed by atoms with E-state index >= 15 is 0 Å². The summed E-state index contributed by atoms with van der Waals surface area (Å²) >= 11 is 0. The number of halogens is 1. The lowest BCUT2D eigenvalue weighted by Gasteiger charge is -1.99. The zero-order valence-corrected chi connectivity index (χ0v) is 7.02. The molecule has 2 rings (SSSR count). The average Bonchev–Trinajstić information content (AvgIpc) is 2.85. The van der Waals surface area contributed by atoms with Crippen LogP contribution in [0.1, 0.15) is 17.9 Å². The summed E-state index contributed by atoms with van der Waals surface area (Å²) in [7, 11) is -1.24. The molecule has 0 radical (unpaired) electrons. The maximum atomic E-state index is 12.5. The van der Waals surface area contributed by atoms with Gasteiger partial charge in [0, 0.05) is 5.82 Å². The predicted octanol–water partition coefficient (Wildman–Crippen LogP) is 1.16. The smallest absolute Gasteiger partial charge is 0.427 e. The normalized spacial score (nSPS) is 25.8. The van der Waals surface area contributed by atoms with Gasteiger partial charge in [-0.25, -0.2) is 4.39 Å². The summed E-state index contributed by atoms with van der Waals surface area (Å²) in [6, 6.07) is 6.19. The van der Waals surface area contributed by atoms with Crippen molar-refractivity contribution in [2.75, 3.05) is 0 Å². The average molecular weight is 180 g/mol. The van der Waals surface area contributed by atoms with Crippen molar-refractivity contribution in [2.45, 2.75) is 18.2 Å².